The van der Waals surface area contributed by atoms with E-state index in [0.717, 1.165) is 66.4 Å². The van der Waals surface area contributed by atoms with Crippen molar-refractivity contribution in [3.05, 3.63) is 78.9 Å². The van der Waals surface area contributed by atoms with Crippen molar-refractivity contribution in [1.82, 2.24) is 14.9 Å². The van der Waals surface area contributed by atoms with Crippen LogP contribution in [0.5, 0.6) is 0 Å². The SMILES string of the molecule is CC(C(=O)Nc1ccccc1-c1ccccc1)N1CCCN(c2nc3ccccc3[nH]2)CC1. The molecule has 0 saturated carbocycles. The summed E-state index contributed by atoms with van der Waals surface area (Å²) in [7, 11) is 0. The molecule has 0 bridgehead atoms. The summed E-state index contributed by atoms with van der Waals surface area (Å²) in [5, 5.41) is 3.17. The number of rotatable bonds is 5. The molecule has 0 aliphatic carbocycles. The molecule has 6 heteroatoms. The highest BCUT2D eigenvalue weighted by molar-refractivity contribution is 5.98. The van der Waals surface area contributed by atoms with Gasteiger partial charge in [-0.05, 0) is 37.1 Å². The fourth-order valence-electron chi connectivity index (χ4n) is 4.49. The van der Waals surface area contributed by atoms with Crippen molar-refractivity contribution in [3.8, 4) is 11.1 Å². The molecule has 1 aliphatic heterocycles. The van der Waals surface area contributed by atoms with Crippen LogP contribution in [0.1, 0.15) is 13.3 Å². The summed E-state index contributed by atoms with van der Waals surface area (Å²) >= 11 is 0. The van der Waals surface area contributed by atoms with Crippen LogP contribution < -0.4 is 10.2 Å². The molecule has 0 radical (unpaired) electrons. The first-order chi connectivity index (χ1) is 16.2. The molecule has 5 rings (SSSR count). The van der Waals surface area contributed by atoms with Crippen molar-refractivity contribution in [2.24, 2.45) is 0 Å². The zero-order chi connectivity index (χ0) is 22.6. The van der Waals surface area contributed by atoms with Crippen LogP contribution >= 0.6 is 0 Å². The number of aromatic nitrogens is 2. The summed E-state index contributed by atoms with van der Waals surface area (Å²) in [5.41, 5.74) is 5.01. The van der Waals surface area contributed by atoms with Gasteiger partial charge in [0.05, 0.1) is 17.1 Å². The van der Waals surface area contributed by atoms with Gasteiger partial charge in [0.15, 0.2) is 0 Å². The minimum atomic E-state index is -0.218. The molecular formula is C27H29N5O. The number of nitrogens with zero attached hydrogens (tertiary/aromatic N) is 3. The Labute approximate surface area is 194 Å². The fourth-order valence-corrected chi connectivity index (χ4v) is 4.49. The number of fused-ring (bicyclic) bond motifs is 1. The maximum atomic E-state index is 13.2. The van der Waals surface area contributed by atoms with Crippen molar-refractivity contribution in [2.45, 2.75) is 19.4 Å². The largest absolute Gasteiger partial charge is 0.341 e. The number of hydrogen-bond donors (Lipinski definition) is 2. The van der Waals surface area contributed by atoms with Gasteiger partial charge in [0.2, 0.25) is 11.9 Å². The van der Waals surface area contributed by atoms with Crippen molar-refractivity contribution < 1.29 is 4.79 Å². The van der Waals surface area contributed by atoms with Crippen LogP contribution in [0.2, 0.25) is 0 Å². The molecule has 1 unspecified atom stereocenters. The van der Waals surface area contributed by atoms with Gasteiger partial charge in [0.25, 0.3) is 0 Å². The molecule has 3 aromatic carbocycles. The lowest BCUT2D eigenvalue weighted by molar-refractivity contribution is -0.120. The summed E-state index contributed by atoms with van der Waals surface area (Å²) in [6, 6.07) is 26.0. The summed E-state index contributed by atoms with van der Waals surface area (Å²) in [5.74, 6) is 0.933. The van der Waals surface area contributed by atoms with Gasteiger partial charge in [-0.1, -0.05) is 60.7 Å². The highest BCUT2D eigenvalue weighted by Gasteiger charge is 2.25. The highest BCUT2D eigenvalue weighted by Crippen LogP contribution is 2.28. The van der Waals surface area contributed by atoms with Crippen LogP contribution in [0.15, 0.2) is 78.9 Å². The molecule has 168 valence electrons. The Kier molecular flexibility index (Phi) is 6.09. The molecule has 4 aromatic rings. The number of para-hydroxylation sites is 3. The molecule has 1 aromatic heterocycles. The van der Waals surface area contributed by atoms with Crippen molar-refractivity contribution in [3.63, 3.8) is 0 Å². The standard InChI is InChI=1S/C27H29N5O/c1-20(26(33)28-23-13-6-5-12-22(23)21-10-3-2-4-11-21)31-16-9-17-32(19-18-31)27-29-24-14-7-8-15-25(24)30-27/h2-8,10-15,20H,9,16-19H2,1H3,(H,28,33)(H,29,30). The molecule has 1 amide bonds. The summed E-state index contributed by atoms with van der Waals surface area (Å²) in [6.07, 6.45) is 0.981. The Morgan fingerprint density at radius 3 is 2.52 bits per heavy atom. The Morgan fingerprint density at radius 2 is 1.67 bits per heavy atom. The third-order valence-electron chi connectivity index (χ3n) is 6.40. The molecule has 1 saturated heterocycles. The molecule has 1 aliphatic rings. The van der Waals surface area contributed by atoms with Crippen LogP contribution in [-0.2, 0) is 4.79 Å². The van der Waals surface area contributed by atoms with E-state index in [1.54, 1.807) is 0 Å². The Balaban J connectivity index is 1.26. The zero-order valence-corrected chi connectivity index (χ0v) is 18.9. The Morgan fingerprint density at radius 1 is 0.909 bits per heavy atom. The molecular weight excluding hydrogens is 410 g/mol. The number of amides is 1. The second-order valence-electron chi connectivity index (χ2n) is 8.53. The van der Waals surface area contributed by atoms with Gasteiger partial charge < -0.3 is 15.2 Å². The lowest BCUT2D eigenvalue weighted by atomic mass is 10.0. The fraction of sp³-hybridized carbons (Fsp3) is 0.259. The predicted octanol–water partition coefficient (Wildman–Crippen LogP) is 4.77. The van der Waals surface area contributed by atoms with Crippen LogP contribution in [0.3, 0.4) is 0 Å². The van der Waals surface area contributed by atoms with E-state index in [4.69, 9.17) is 4.98 Å². The smallest absolute Gasteiger partial charge is 0.241 e. The minimum absolute atomic E-state index is 0.0237. The van der Waals surface area contributed by atoms with E-state index in [9.17, 15) is 4.79 Å². The average molecular weight is 440 g/mol. The molecule has 1 fully saturated rings. The van der Waals surface area contributed by atoms with Crippen molar-refractivity contribution >= 4 is 28.6 Å². The second kappa shape index (κ2) is 9.46. The van der Waals surface area contributed by atoms with Crippen LogP contribution in [0.25, 0.3) is 22.2 Å². The molecule has 0 spiro atoms. The topological polar surface area (TPSA) is 64.3 Å². The number of carbonyl (C=O) groups is 1. The second-order valence-corrected chi connectivity index (χ2v) is 8.53. The van der Waals surface area contributed by atoms with Crippen LogP contribution in [0.4, 0.5) is 11.6 Å². The summed E-state index contributed by atoms with van der Waals surface area (Å²) in [6.45, 7) is 5.44. The van der Waals surface area contributed by atoms with Gasteiger partial charge >= 0.3 is 0 Å². The summed E-state index contributed by atoms with van der Waals surface area (Å²) < 4.78 is 0. The third kappa shape index (κ3) is 4.61. The first-order valence-corrected chi connectivity index (χ1v) is 11.6. The number of H-pyrrole nitrogens is 1. The van der Waals surface area contributed by atoms with E-state index in [1.165, 1.54) is 0 Å². The number of nitrogens with one attached hydrogen (secondary N) is 2. The third-order valence-corrected chi connectivity index (χ3v) is 6.40. The van der Waals surface area contributed by atoms with E-state index < -0.39 is 0 Å². The van der Waals surface area contributed by atoms with Crippen LogP contribution in [-0.4, -0.2) is 53.0 Å². The first-order valence-electron chi connectivity index (χ1n) is 11.6. The number of aromatic amines is 1. The maximum Gasteiger partial charge on any atom is 0.241 e. The van der Waals surface area contributed by atoms with Gasteiger partial charge in [-0.25, -0.2) is 4.98 Å². The lowest BCUT2D eigenvalue weighted by Crippen LogP contribution is -2.44. The lowest BCUT2D eigenvalue weighted by Gasteiger charge is -2.27. The minimum Gasteiger partial charge on any atom is -0.341 e. The monoisotopic (exact) mass is 439 g/mol. The number of anilines is 2. The van der Waals surface area contributed by atoms with Gasteiger partial charge in [0, 0.05) is 37.4 Å². The van der Waals surface area contributed by atoms with Gasteiger partial charge in [-0.2, -0.15) is 0 Å². The molecule has 2 N–H and O–H groups in total. The van der Waals surface area contributed by atoms with Gasteiger partial charge in [-0.3, -0.25) is 9.69 Å². The van der Waals surface area contributed by atoms with Crippen molar-refractivity contribution in [2.75, 3.05) is 36.4 Å². The molecule has 33 heavy (non-hydrogen) atoms. The highest BCUT2D eigenvalue weighted by atomic mass is 16.2. The average Bonchev–Trinajstić information content (AvgIpc) is 3.14. The first kappa shape index (κ1) is 21.2. The Hall–Kier alpha value is -3.64. The van der Waals surface area contributed by atoms with E-state index in [0.29, 0.717) is 0 Å². The van der Waals surface area contributed by atoms with Crippen LogP contribution in [0, 0.1) is 0 Å². The van der Waals surface area contributed by atoms with Gasteiger partial charge in [-0.15, -0.1) is 0 Å². The molecule has 1 atom stereocenters. The maximum absolute atomic E-state index is 13.2. The van der Waals surface area contributed by atoms with E-state index >= 15 is 0 Å². The number of benzene rings is 3. The van der Waals surface area contributed by atoms with E-state index in [-0.39, 0.29) is 11.9 Å². The zero-order valence-electron chi connectivity index (χ0n) is 18.9. The van der Waals surface area contributed by atoms with E-state index in [2.05, 4.69) is 38.3 Å². The predicted molar refractivity (Wildman–Crippen MR) is 134 cm³/mol. The number of carbonyl (C=O) groups excluding carboxylic acids is 1. The van der Waals surface area contributed by atoms with E-state index in [1.807, 2.05) is 67.6 Å². The Bertz CT molecular complexity index is 1200. The number of imidazole rings is 1. The quantitative estimate of drug-likeness (QED) is 0.470. The summed E-state index contributed by atoms with van der Waals surface area (Å²) in [4.78, 5) is 25.9. The van der Waals surface area contributed by atoms with Gasteiger partial charge in [0.1, 0.15) is 0 Å². The van der Waals surface area contributed by atoms with Crippen molar-refractivity contribution in [1.29, 1.82) is 0 Å². The molecule has 2 heterocycles. The molecule has 6 nitrogen and oxygen atoms in total. The normalized spacial score (nSPS) is 15.8. The number of hydrogen-bond acceptors (Lipinski definition) is 4.